The predicted octanol–water partition coefficient (Wildman–Crippen LogP) is 3.59. The maximum absolute atomic E-state index is 5.55. The van der Waals surface area contributed by atoms with Crippen molar-refractivity contribution in [3.05, 3.63) is 58.7 Å². The standard InChI is InChI=1S/C18H20O2/c1-19-17-11-16-10-8-14-5-3-13(4-6-14)7-9-15(17)12-18(16)20-2/h3-6,11-12H,7-10H2,1-2H3. The summed E-state index contributed by atoms with van der Waals surface area (Å²) in [5.41, 5.74) is 5.19. The Morgan fingerprint density at radius 1 is 0.650 bits per heavy atom. The average molecular weight is 268 g/mol. The summed E-state index contributed by atoms with van der Waals surface area (Å²) in [6.45, 7) is 0. The molecule has 0 N–H and O–H groups in total. The fourth-order valence-electron chi connectivity index (χ4n) is 2.85. The van der Waals surface area contributed by atoms with Crippen LogP contribution in [0.3, 0.4) is 0 Å². The Morgan fingerprint density at radius 3 is 1.40 bits per heavy atom. The third-order valence-electron chi connectivity index (χ3n) is 4.07. The lowest BCUT2D eigenvalue weighted by Gasteiger charge is -2.16. The predicted molar refractivity (Wildman–Crippen MR) is 80.8 cm³/mol. The van der Waals surface area contributed by atoms with Gasteiger partial charge in [-0.05, 0) is 60.1 Å². The summed E-state index contributed by atoms with van der Waals surface area (Å²) >= 11 is 0. The highest BCUT2D eigenvalue weighted by Gasteiger charge is 2.13. The zero-order chi connectivity index (χ0) is 13.9. The van der Waals surface area contributed by atoms with E-state index in [2.05, 4.69) is 36.4 Å². The molecule has 0 heterocycles. The first-order valence-electron chi connectivity index (χ1n) is 7.12. The van der Waals surface area contributed by atoms with Gasteiger partial charge >= 0.3 is 0 Å². The van der Waals surface area contributed by atoms with Gasteiger partial charge in [0.1, 0.15) is 11.5 Å². The average Bonchev–Trinajstić information content (AvgIpc) is 2.49. The summed E-state index contributed by atoms with van der Waals surface area (Å²) in [7, 11) is 3.49. The molecule has 0 amide bonds. The number of aryl methyl sites for hydroxylation is 4. The molecule has 0 radical (unpaired) electrons. The van der Waals surface area contributed by atoms with E-state index in [9.17, 15) is 0 Å². The molecule has 4 aliphatic rings. The van der Waals surface area contributed by atoms with Crippen molar-refractivity contribution in [3.63, 3.8) is 0 Å². The summed E-state index contributed by atoms with van der Waals surface area (Å²) in [6, 6.07) is 13.3. The quantitative estimate of drug-likeness (QED) is 0.828. The van der Waals surface area contributed by atoms with Crippen molar-refractivity contribution in [2.75, 3.05) is 14.2 Å². The number of rotatable bonds is 2. The summed E-state index contributed by atoms with van der Waals surface area (Å²) in [5.74, 6) is 1.96. The molecule has 0 spiro atoms. The first kappa shape index (κ1) is 13.0. The molecule has 6 rings (SSSR count). The molecule has 0 fully saturated rings. The molecule has 2 nitrogen and oxygen atoms in total. The second-order valence-corrected chi connectivity index (χ2v) is 5.29. The molecule has 20 heavy (non-hydrogen) atoms. The zero-order valence-electron chi connectivity index (χ0n) is 12.1. The molecule has 2 heteroatoms. The van der Waals surface area contributed by atoms with Gasteiger partial charge in [-0.25, -0.2) is 0 Å². The number of benzene rings is 2. The Morgan fingerprint density at radius 2 is 1.05 bits per heavy atom. The molecule has 4 bridgehead atoms. The fourth-order valence-corrected chi connectivity index (χ4v) is 2.85. The first-order valence-corrected chi connectivity index (χ1v) is 7.12. The van der Waals surface area contributed by atoms with E-state index in [1.165, 1.54) is 22.3 Å². The van der Waals surface area contributed by atoms with Crippen LogP contribution >= 0.6 is 0 Å². The molecule has 2 aromatic rings. The third kappa shape index (κ3) is 2.51. The topological polar surface area (TPSA) is 18.5 Å². The van der Waals surface area contributed by atoms with Gasteiger partial charge < -0.3 is 9.47 Å². The van der Waals surface area contributed by atoms with Crippen molar-refractivity contribution < 1.29 is 9.47 Å². The molecule has 4 aliphatic carbocycles. The van der Waals surface area contributed by atoms with Gasteiger partial charge in [-0.1, -0.05) is 24.3 Å². The summed E-state index contributed by atoms with van der Waals surface area (Å²) in [6.07, 6.45) is 4.00. The van der Waals surface area contributed by atoms with Gasteiger partial charge in [0.05, 0.1) is 14.2 Å². The minimum atomic E-state index is 0.971. The molecule has 0 aromatic heterocycles. The minimum absolute atomic E-state index is 0.971. The van der Waals surface area contributed by atoms with Gasteiger partial charge in [0.2, 0.25) is 0 Å². The first-order chi connectivity index (χ1) is 9.80. The fraction of sp³-hybridized carbons (Fsp3) is 0.333. The monoisotopic (exact) mass is 268 g/mol. The van der Waals surface area contributed by atoms with E-state index in [4.69, 9.17) is 9.47 Å². The number of ether oxygens (including phenoxy) is 2. The van der Waals surface area contributed by atoms with Gasteiger partial charge in [0.25, 0.3) is 0 Å². The molecule has 0 unspecified atom stereocenters. The Balaban J connectivity index is 2.06. The molecule has 0 saturated carbocycles. The van der Waals surface area contributed by atoms with Crippen molar-refractivity contribution in [1.29, 1.82) is 0 Å². The third-order valence-corrected chi connectivity index (χ3v) is 4.07. The van der Waals surface area contributed by atoms with Crippen LogP contribution in [-0.2, 0) is 25.7 Å². The molecule has 104 valence electrons. The van der Waals surface area contributed by atoms with Crippen molar-refractivity contribution in [2.24, 2.45) is 0 Å². The van der Waals surface area contributed by atoms with Crippen LogP contribution in [0, 0.1) is 0 Å². The largest absolute Gasteiger partial charge is 0.496 e. The van der Waals surface area contributed by atoms with Crippen molar-refractivity contribution >= 4 is 0 Å². The maximum Gasteiger partial charge on any atom is 0.122 e. The van der Waals surface area contributed by atoms with Gasteiger partial charge in [-0.3, -0.25) is 0 Å². The highest BCUT2D eigenvalue weighted by atomic mass is 16.5. The summed E-state index contributed by atoms with van der Waals surface area (Å²) in [4.78, 5) is 0. The van der Waals surface area contributed by atoms with Crippen LogP contribution in [0.5, 0.6) is 11.5 Å². The van der Waals surface area contributed by atoms with Crippen LogP contribution in [0.15, 0.2) is 36.4 Å². The van der Waals surface area contributed by atoms with Gasteiger partial charge in [0, 0.05) is 0 Å². The minimum Gasteiger partial charge on any atom is -0.496 e. The van der Waals surface area contributed by atoms with Crippen LogP contribution in [0.2, 0.25) is 0 Å². The van der Waals surface area contributed by atoms with E-state index < -0.39 is 0 Å². The van der Waals surface area contributed by atoms with E-state index in [-0.39, 0.29) is 0 Å². The number of methoxy groups -OCH3 is 2. The highest BCUT2D eigenvalue weighted by molar-refractivity contribution is 5.47. The van der Waals surface area contributed by atoms with E-state index in [0.29, 0.717) is 0 Å². The highest BCUT2D eigenvalue weighted by Crippen LogP contribution is 2.31. The van der Waals surface area contributed by atoms with Crippen molar-refractivity contribution in [1.82, 2.24) is 0 Å². The Labute approximate surface area is 120 Å². The van der Waals surface area contributed by atoms with Gasteiger partial charge in [-0.2, -0.15) is 0 Å². The van der Waals surface area contributed by atoms with Crippen molar-refractivity contribution in [3.8, 4) is 11.5 Å². The lowest BCUT2D eigenvalue weighted by Crippen LogP contribution is -2.03. The Bertz CT molecular complexity index is 545. The van der Waals surface area contributed by atoms with Gasteiger partial charge in [-0.15, -0.1) is 0 Å². The number of hydrogen-bond donors (Lipinski definition) is 0. The molecule has 0 aliphatic heterocycles. The Hall–Kier alpha value is -1.96. The normalized spacial score (nSPS) is 13.7. The smallest absolute Gasteiger partial charge is 0.122 e. The van der Waals surface area contributed by atoms with Gasteiger partial charge in [0.15, 0.2) is 0 Å². The zero-order valence-corrected chi connectivity index (χ0v) is 12.1. The van der Waals surface area contributed by atoms with Crippen molar-refractivity contribution in [2.45, 2.75) is 25.7 Å². The lowest BCUT2D eigenvalue weighted by molar-refractivity contribution is 0.394. The van der Waals surface area contributed by atoms with Crippen LogP contribution in [0.25, 0.3) is 0 Å². The maximum atomic E-state index is 5.55. The van der Waals surface area contributed by atoms with E-state index in [1.54, 1.807) is 14.2 Å². The molecule has 0 atom stereocenters. The number of hydrogen-bond acceptors (Lipinski definition) is 2. The van der Waals surface area contributed by atoms with E-state index in [0.717, 1.165) is 37.2 Å². The van der Waals surface area contributed by atoms with Crippen LogP contribution in [0.4, 0.5) is 0 Å². The molecule has 2 aromatic carbocycles. The lowest BCUT2D eigenvalue weighted by atomic mass is 9.95. The molecular weight excluding hydrogens is 248 g/mol. The Kier molecular flexibility index (Phi) is 3.64. The second-order valence-electron chi connectivity index (χ2n) is 5.29. The van der Waals surface area contributed by atoms with E-state index >= 15 is 0 Å². The summed E-state index contributed by atoms with van der Waals surface area (Å²) in [5, 5.41) is 0. The summed E-state index contributed by atoms with van der Waals surface area (Å²) < 4.78 is 11.1. The molecule has 0 saturated heterocycles. The van der Waals surface area contributed by atoms with Crippen LogP contribution < -0.4 is 9.47 Å². The van der Waals surface area contributed by atoms with Crippen LogP contribution in [-0.4, -0.2) is 14.2 Å². The van der Waals surface area contributed by atoms with E-state index in [1.807, 2.05) is 0 Å². The van der Waals surface area contributed by atoms with Crippen LogP contribution in [0.1, 0.15) is 22.3 Å². The second kappa shape index (κ2) is 5.58. The molecular formula is C18H20O2. The SMILES string of the molecule is COc1cc2c(OC)cc1CCc1ccc(cc1)CC2.